The molecule has 0 spiro atoms. The minimum Gasteiger partial charge on any atom is -0.444 e. The molecule has 0 heterocycles. The van der Waals surface area contributed by atoms with Crippen LogP contribution in [0.3, 0.4) is 0 Å². The van der Waals surface area contributed by atoms with Gasteiger partial charge < -0.3 is 10.1 Å². The van der Waals surface area contributed by atoms with Crippen LogP contribution in [0.1, 0.15) is 26.3 Å². The first-order chi connectivity index (χ1) is 7.78. The summed E-state index contributed by atoms with van der Waals surface area (Å²) < 4.78 is 7.09. The van der Waals surface area contributed by atoms with E-state index in [1.807, 2.05) is 39.0 Å². The van der Waals surface area contributed by atoms with Crippen LogP contribution in [0.4, 0.5) is 4.79 Å². The lowest BCUT2D eigenvalue weighted by Gasteiger charge is -2.19. The zero-order valence-electron chi connectivity index (χ0n) is 10.0. The minimum atomic E-state index is -0.468. The van der Waals surface area contributed by atoms with Crippen molar-refractivity contribution in [1.29, 1.82) is 0 Å². The van der Waals surface area contributed by atoms with Gasteiger partial charge in [-0.05, 0) is 70.3 Å². The van der Waals surface area contributed by atoms with Crippen molar-refractivity contribution < 1.29 is 9.53 Å². The number of amides is 1. The summed E-state index contributed by atoms with van der Waals surface area (Å²) in [6, 6.07) is 5.81. The van der Waals surface area contributed by atoms with Crippen LogP contribution in [0.5, 0.6) is 0 Å². The van der Waals surface area contributed by atoms with Gasteiger partial charge in [0.15, 0.2) is 0 Å². The van der Waals surface area contributed by atoms with Crippen molar-refractivity contribution in [3.8, 4) is 0 Å². The lowest BCUT2D eigenvalue weighted by atomic mass is 10.2. The van der Waals surface area contributed by atoms with E-state index in [4.69, 9.17) is 4.74 Å². The van der Waals surface area contributed by atoms with Crippen LogP contribution in [0.2, 0.25) is 0 Å². The smallest absolute Gasteiger partial charge is 0.407 e. The molecule has 0 saturated carbocycles. The maximum atomic E-state index is 11.4. The molecule has 0 fully saturated rings. The van der Waals surface area contributed by atoms with E-state index in [9.17, 15) is 4.79 Å². The van der Waals surface area contributed by atoms with Gasteiger partial charge in [-0.3, -0.25) is 0 Å². The molecule has 0 atom stereocenters. The van der Waals surface area contributed by atoms with E-state index < -0.39 is 11.7 Å². The number of hydrogen-bond acceptors (Lipinski definition) is 2. The van der Waals surface area contributed by atoms with Crippen molar-refractivity contribution in [1.82, 2.24) is 5.32 Å². The zero-order valence-corrected chi connectivity index (χ0v) is 13.2. The molecule has 0 radical (unpaired) electrons. The Kier molecular flexibility index (Phi) is 5.01. The van der Waals surface area contributed by atoms with Crippen molar-refractivity contribution in [2.75, 3.05) is 0 Å². The van der Waals surface area contributed by atoms with Crippen molar-refractivity contribution in [3.63, 3.8) is 0 Å². The van der Waals surface area contributed by atoms with Crippen LogP contribution in [-0.2, 0) is 11.3 Å². The molecule has 5 heteroatoms. The van der Waals surface area contributed by atoms with E-state index in [-0.39, 0.29) is 0 Å². The second-order valence-corrected chi connectivity index (χ2v) is 6.31. The fraction of sp³-hybridized carbons (Fsp3) is 0.417. The molecule has 0 saturated heterocycles. The molecule has 0 aromatic heterocycles. The van der Waals surface area contributed by atoms with Gasteiger partial charge in [0, 0.05) is 15.5 Å². The van der Waals surface area contributed by atoms with Crippen molar-refractivity contribution in [2.24, 2.45) is 0 Å². The lowest BCUT2D eigenvalue weighted by Crippen LogP contribution is -2.32. The van der Waals surface area contributed by atoms with Gasteiger partial charge in [-0.15, -0.1) is 0 Å². The van der Waals surface area contributed by atoms with Crippen molar-refractivity contribution in [3.05, 3.63) is 32.7 Å². The summed E-state index contributed by atoms with van der Waals surface area (Å²) in [5.74, 6) is 0. The first kappa shape index (κ1) is 14.5. The number of nitrogens with one attached hydrogen (secondary N) is 1. The molecule has 1 rings (SSSR count). The number of rotatable bonds is 2. The molecule has 94 valence electrons. The molecule has 0 aliphatic rings. The Labute approximate surface area is 118 Å². The summed E-state index contributed by atoms with van der Waals surface area (Å²) in [4.78, 5) is 11.4. The van der Waals surface area contributed by atoms with Gasteiger partial charge in [0.05, 0.1) is 0 Å². The van der Waals surface area contributed by atoms with Gasteiger partial charge in [-0.1, -0.05) is 6.07 Å². The maximum Gasteiger partial charge on any atom is 0.407 e. The van der Waals surface area contributed by atoms with Gasteiger partial charge in [-0.2, -0.15) is 0 Å². The van der Waals surface area contributed by atoms with E-state index in [2.05, 4.69) is 37.2 Å². The average Bonchev–Trinajstić information content (AvgIpc) is 2.17. The Morgan fingerprint density at radius 2 is 1.94 bits per heavy atom. The average molecular weight is 365 g/mol. The molecule has 3 nitrogen and oxygen atoms in total. The third-order valence-electron chi connectivity index (χ3n) is 1.82. The Balaban J connectivity index is 2.50. The fourth-order valence-corrected chi connectivity index (χ4v) is 1.81. The summed E-state index contributed by atoms with van der Waals surface area (Å²) >= 11 is 6.80. The molecule has 0 aliphatic carbocycles. The van der Waals surface area contributed by atoms with E-state index in [0.717, 1.165) is 14.5 Å². The van der Waals surface area contributed by atoms with Crippen LogP contribution in [0, 0.1) is 0 Å². The van der Waals surface area contributed by atoms with Crippen molar-refractivity contribution in [2.45, 2.75) is 32.9 Å². The van der Waals surface area contributed by atoms with Gasteiger partial charge >= 0.3 is 6.09 Å². The first-order valence-corrected chi connectivity index (χ1v) is 6.77. The normalized spacial score (nSPS) is 11.1. The largest absolute Gasteiger partial charge is 0.444 e. The summed E-state index contributed by atoms with van der Waals surface area (Å²) in [6.45, 7) is 5.95. The number of halogens is 2. The van der Waals surface area contributed by atoms with Crippen LogP contribution in [-0.4, -0.2) is 11.7 Å². The van der Waals surface area contributed by atoms with Gasteiger partial charge in [-0.25, -0.2) is 4.79 Å². The highest BCUT2D eigenvalue weighted by atomic mass is 79.9. The molecule has 1 amide bonds. The third-order valence-corrected chi connectivity index (χ3v) is 3.70. The second kappa shape index (κ2) is 5.87. The number of alkyl carbamates (subject to hydrolysis) is 1. The summed E-state index contributed by atoms with van der Waals surface area (Å²) in [5, 5.41) is 2.70. The van der Waals surface area contributed by atoms with Crippen LogP contribution >= 0.6 is 31.9 Å². The Bertz CT molecular complexity index is 413. The fourth-order valence-electron chi connectivity index (χ4n) is 1.14. The van der Waals surface area contributed by atoms with Gasteiger partial charge in [0.25, 0.3) is 0 Å². The topological polar surface area (TPSA) is 38.3 Å². The van der Waals surface area contributed by atoms with Crippen LogP contribution < -0.4 is 5.32 Å². The molecular weight excluding hydrogens is 350 g/mol. The number of benzene rings is 1. The van der Waals surface area contributed by atoms with Crippen molar-refractivity contribution >= 4 is 38.0 Å². The summed E-state index contributed by atoms with van der Waals surface area (Å²) in [7, 11) is 0. The molecule has 17 heavy (non-hydrogen) atoms. The predicted octanol–water partition coefficient (Wildman–Crippen LogP) is 4.24. The first-order valence-electron chi connectivity index (χ1n) is 5.19. The molecular formula is C12H15Br2NO2. The lowest BCUT2D eigenvalue weighted by molar-refractivity contribution is 0.0523. The Hall–Kier alpha value is -0.550. The van der Waals surface area contributed by atoms with E-state index >= 15 is 0 Å². The maximum absolute atomic E-state index is 11.4. The zero-order chi connectivity index (χ0) is 13.1. The predicted molar refractivity (Wildman–Crippen MR) is 74.9 cm³/mol. The monoisotopic (exact) mass is 363 g/mol. The number of ether oxygens (including phenoxy) is 1. The molecule has 1 aromatic carbocycles. The Morgan fingerprint density at radius 3 is 2.47 bits per heavy atom. The van der Waals surface area contributed by atoms with Gasteiger partial charge in [0.2, 0.25) is 0 Å². The van der Waals surface area contributed by atoms with Crippen LogP contribution in [0.15, 0.2) is 27.1 Å². The summed E-state index contributed by atoms with van der Waals surface area (Å²) in [5.41, 5.74) is 0.538. The standard InChI is InChI=1S/C12H15Br2NO2/c1-12(2,3)17-11(16)15-7-8-4-5-9(13)10(14)6-8/h4-6H,7H2,1-3H3,(H,15,16). The highest BCUT2D eigenvalue weighted by Crippen LogP contribution is 2.23. The number of carbonyl (C=O) groups is 1. The molecule has 0 aliphatic heterocycles. The highest BCUT2D eigenvalue weighted by Gasteiger charge is 2.15. The number of carbonyl (C=O) groups excluding carboxylic acids is 1. The minimum absolute atomic E-state index is 0.406. The third kappa shape index (κ3) is 5.55. The quantitative estimate of drug-likeness (QED) is 0.852. The second-order valence-electron chi connectivity index (χ2n) is 4.60. The van der Waals surface area contributed by atoms with E-state index in [1.54, 1.807) is 0 Å². The van der Waals surface area contributed by atoms with Gasteiger partial charge in [0.1, 0.15) is 5.60 Å². The molecule has 0 bridgehead atoms. The summed E-state index contributed by atoms with van der Waals surface area (Å²) in [6.07, 6.45) is -0.406. The molecule has 1 aromatic rings. The number of hydrogen-bond donors (Lipinski definition) is 1. The highest BCUT2D eigenvalue weighted by molar-refractivity contribution is 9.13. The molecule has 0 unspecified atom stereocenters. The molecule has 1 N–H and O–H groups in total. The SMILES string of the molecule is CC(C)(C)OC(=O)NCc1ccc(Br)c(Br)c1. The van der Waals surface area contributed by atoms with E-state index in [1.165, 1.54) is 0 Å². The Morgan fingerprint density at radius 1 is 1.29 bits per heavy atom. The van der Waals surface area contributed by atoms with E-state index in [0.29, 0.717) is 6.54 Å². The van der Waals surface area contributed by atoms with Crippen LogP contribution in [0.25, 0.3) is 0 Å².